The first kappa shape index (κ1) is 16.6. The number of nitrogens with one attached hydrogen (secondary N) is 2. The third kappa shape index (κ3) is 2.63. The lowest BCUT2D eigenvalue weighted by Crippen LogP contribution is -2.58. The van der Waals surface area contributed by atoms with Crippen molar-refractivity contribution in [3.05, 3.63) is 53.4 Å². The van der Waals surface area contributed by atoms with Crippen molar-refractivity contribution >= 4 is 39.0 Å². The average Bonchev–Trinajstić information content (AvgIpc) is 3.07. The van der Waals surface area contributed by atoms with Crippen LogP contribution in [0.3, 0.4) is 0 Å². The molecule has 4 N–H and O–H groups in total. The number of amides is 1. The molecule has 6 heteroatoms. The van der Waals surface area contributed by atoms with Gasteiger partial charge < -0.3 is 11.1 Å². The van der Waals surface area contributed by atoms with Gasteiger partial charge in [0.25, 0.3) is 0 Å². The van der Waals surface area contributed by atoms with Crippen LogP contribution in [0.4, 0.5) is 5.69 Å². The minimum absolute atomic E-state index is 0.0628. The summed E-state index contributed by atoms with van der Waals surface area (Å²) in [6, 6.07) is 14.2. The van der Waals surface area contributed by atoms with Crippen molar-refractivity contribution in [2.45, 2.75) is 18.9 Å². The van der Waals surface area contributed by atoms with E-state index >= 15 is 0 Å². The van der Waals surface area contributed by atoms with Crippen LogP contribution in [0.25, 0.3) is 21.2 Å². The number of guanidine groups is 1. The molecule has 1 aliphatic rings. The Kier molecular flexibility index (Phi) is 3.73. The molecule has 0 bridgehead atoms. The van der Waals surface area contributed by atoms with E-state index in [1.807, 2.05) is 31.2 Å². The molecule has 26 heavy (non-hydrogen) atoms. The zero-order valence-electron chi connectivity index (χ0n) is 14.7. The Labute approximate surface area is 155 Å². The molecule has 0 radical (unpaired) electrons. The lowest BCUT2D eigenvalue weighted by Gasteiger charge is -2.39. The number of nitrogens with two attached hydrogens (primary N) is 1. The van der Waals surface area contributed by atoms with Crippen molar-refractivity contribution in [2.75, 3.05) is 12.8 Å². The Morgan fingerprint density at radius 3 is 2.81 bits per heavy atom. The summed E-state index contributed by atoms with van der Waals surface area (Å²) in [6.07, 6.45) is 0.303. The van der Waals surface area contributed by atoms with Crippen LogP contribution in [0, 0.1) is 5.41 Å². The molecule has 0 saturated carbocycles. The van der Waals surface area contributed by atoms with E-state index in [0.717, 1.165) is 27.8 Å². The molecule has 1 amide bonds. The largest absolute Gasteiger partial charge is 0.399 e. The fourth-order valence-corrected chi connectivity index (χ4v) is 4.35. The second kappa shape index (κ2) is 5.85. The van der Waals surface area contributed by atoms with Gasteiger partial charge in [-0.3, -0.25) is 15.1 Å². The Morgan fingerprint density at radius 1 is 1.27 bits per heavy atom. The molecule has 1 fully saturated rings. The maximum atomic E-state index is 12.3. The molecule has 1 aliphatic heterocycles. The summed E-state index contributed by atoms with van der Waals surface area (Å²) < 4.78 is 1.19. The smallest absolute Gasteiger partial charge is 0.231 e. The molecular formula is C20H20N4OS. The number of hydrogen-bond acceptors (Lipinski definition) is 4. The average molecular weight is 364 g/mol. The van der Waals surface area contributed by atoms with E-state index in [4.69, 9.17) is 11.1 Å². The van der Waals surface area contributed by atoms with Crippen molar-refractivity contribution in [1.82, 2.24) is 10.2 Å². The summed E-state index contributed by atoms with van der Waals surface area (Å²) in [5.74, 6) is 0.0619. The first-order valence-corrected chi connectivity index (χ1v) is 9.26. The van der Waals surface area contributed by atoms with E-state index in [0.29, 0.717) is 6.42 Å². The zero-order valence-corrected chi connectivity index (χ0v) is 15.5. The van der Waals surface area contributed by atoms with Gasteiger partial charge in [0, 0.05) is 17.4 Å². The molecule has 0 unspecified atom stereocenters. The third-order valence-electron chi connectivity index (χ3n) is 4.99. The molecule has 0 aliphatic carbocycles. The number of carbonyl (C=O) groups excluding carboxylic acids is 1. The molecular weight excluding hydrogens is 344 g/mol. The van der Waals surface area contributed by atoms with E-state index in [1.165, 1.54) is 9.60 Å². The van der Waals surface area contributed by atoms with Crippen LogP contribution < -0.4 is 11.1 Å². The number of fused-ring (bicyclic) bond motifs is 1. The van der Waals surface area contributed by atoms with Gasteiger partial charge in [0.05, 0.1) is 12.0 Å². The summed E-state index contributed by atoms with van der Waals surface area (Å²) in [4.78, 5) is 13.7. The van der Waals surface area contributed by atoms with Gasteiger partial charge >= 0.3 is 0 Å². The standard InChI is InChI=1S/C20H20N4OS/c1-20(11-17(25)24(2)19(22)23-20)14-8-13-6-7-26-18(13)16(10-14)12-4-3-5-15(21)9-12/h3-10H,11,21H2,1-2H3,(H2,22,23)/t20-/m0/s1. The predicted molar refractivity (Wildman–Crippen MR) is 107 cm³/mol. The molecule has 1 aromatic heterocycles. The number of nitrogens with zero attached hydrogens (tertiary/aromatic N) is 1. The molecule has 132 valence electrons. The minimum Gasteiger partial charge on any atom is -0.399 e. The SMILES string of the molecule is CN1C(=N)N[C@](C)(c2cc(-c3cccc(N)c3)c3sccc3c2)CC1=O. The van der Waals surface area contributed by atoms with E-state index in [1.54, 1.807) is 18.4 Å². The number of benzene rings is 2. The van der Waals surface area contributed by atoms with Crippen molar-refractivity contribution in [3.63, 3.8) is 0 Å². The summed E-state index contributed by atoms with van der Waals surface area (Å²) in [6.45, 7) is 1.98. The molecule has 2 heterocycles. The van der Waals surface area contributed by atoms with Gasteiger partial charge in [-0.05, 0) is 64.7 Å². The third-order valence-corrected chi connectivity index (χ3v) is 5.96. The van der Waals surface area contributed by atoms with Crippen LogP contribution in [0.15, 0.2) is 47.8 Å². The van der Waals surface area contributed by atoms with Crippen LogP contribution in [0.5, 0.6) is 0 Å². The highest BCUT2D eigenvalue weighted by molar-refractivity contribution is 7.17. The first-order valence-electron chi connectivity index (χ1n) is 8.38. The summed E-state index contributed by atoms with van der Waals surface area (Å²) in [7, 11) is 1.62. The van der Waals surface area contributed by atoms with Gasteiger partial charge in [0.2, 0.25) is 5.91 Å². The molecule has 0 spiro atoms. The van der Waals surface area contributed by atoms with Crippen LogP contribution >= 0.6 is 11.3 Å². The molecule has 4 rings (SSSR count). The Morgan fingerprint density at radius 2 is 2.08 bits per heavy atom. The van der Waals surface area contributed by atoms with Crippen molar-refractivity contribution in [2.24, 2.45) is 0 Å². The highest BCUT2D eigenvalue weighted by Crippen LogP contribution is 2.39. The van der Waals surface area contributed by atoms with Gasteiger partial charge in [-0.2, -0.15) is 0 Å². The van der Waals surface area contributed by atoms with Crippen molar-refractivity contribution in [1.29, 1.82) is 5.41 Å². The summed E-state index contributed by atoms with van der Waals surface area (Å²) in [5.41, 5.74) is 9.23. The topological polar surface area (TPSA) is 82.2 Å². The number of carbonyl (C=O) groups is 1. The van der Waals surface area contributed by atoms with Crippen molar-refractivity contribution < 1.29 is 4.79 Å². The normalized spacial score (nSPS) is 20.5. The highest BCUT2D eigenvalue weighted by atomic mass is 32.1. The van der Waals surface area contributed by atoms with E-state index in [-0.39, 0.29) is 11.9 Å². The van der Waals surface area contributed by atoms with Gasteiger partial charge in [0.1, 0.15) is 0 Å². The molecule has 5 nitrogen and oxygen atoms in total. The number of hydrogen-bond donors (Lipinski definition) is 3. The lowest BCUT2D eigenvalue weighted by molar-refractivity contribution is -0.129. The van der Waals surface area contributed by atoms with Crippen LogP contribution in [-0.2, 0) is 10.3 Å². The second-order valence-electron chi connectivity index (χ2n) is 6.92. The minimum atomic E-state index is -0.619. The quantitative estimate of drug-likeness (QED) is 0.606. The van der Waals surface area contributed by atoms with Crippen molar-refractivity contribution in [3.8, 4) is 11.1 Å². The zero-order chi connectivity index (χ0) is 18.5. The van der Waals surface area contributed by atoms with Gasteiger partial charge in [-0.1, -0.05) is 12.1 Å². The first-order chi connectivity index (χ1) is 12.4. The lowest BCUT2D eigenvalue weighted by atomic mass is 9.84. The Bertz CT molecular complexity index is 1020. The summed E-state index contributed by atoms with van der Waals surface area (Å²) >= 11 is 1.69. The summed E-state index contributed by atoms with van der Waals surface area (Å²) in [5, 5.41) is 14.5. The Balaban J connectivity index is 1.89. The van der Waals surface area contributed by atoms with E-state index in [2.05, 4.69) is 28.9 Å². The van der Waals surface area contributed by atoms with Gasteiger partial charge in [-0.15, -0.1) is 11.3 Å². The fraction of sp³-hybridized carbons (Fsp3) is 0.200. The molecule has 3 aromatic rings. The molecule has 2 aromatic carbocycles. The number of thiophene rings is 1. The second-order valence-corrected chi connectivity index (χ2v) is 7.84. The maximum Gasteiger partial charge on any atom is 0.231 e. The van der Waals surface area contributed by atoms with E-state index < -0.39 is 5.54 Å². The monoisotopic (exact) mass is 364 g/mol. The number of nitrogen functional groups attached to an aromatic ring is 1. The van der Waals surface area contributed by atoms with Crippen LogP contribution in [-0.4, -0.2) is 23.8 Å². The van der Waals surface area contributed by atoms with Crippen LogP contribution in [0.2, 0.25) is 0 Å². The fourth-order valence-electron chi connectivity index (χ4n) is 3.43. The molecule has 1 atom stereocenters. The Hall–Kier alpha value is -2.86. The van der Waals surface area contributed by atoms with Gasteiger partial charge in [-0.25, -0.2) is 0 Å². The highest BCUT2D eigenvalue weighted by Gasteiger charge is 2.38. The number of anilines is 1. The van der Waals surface area contributed by atoms with E-state index in [9.17, 15) is 4.79 Å². The van der Waals surface area contributed by atoms with Gasteiger partial charge in [0.15, 0.2) is 5.96 Å². The predicted octanol–water partition coefficient (Wildman–Crippen LogP) is 3.75. The number of rotatable bonds is 2. The van der Waals surface area contributed by atoms with Crippen LogP contribution in [0.1, 0.15) is 18.9 Å². The molecule has 1 saturated heterocycles. The maximum absolute atomic E-state index is 12.3.